The molecule has 1 aliphatic rings. The number of non-ortho nitro benzene ring substituents is 1. The van der Waals surface area contributed by atoms with E-state index in [1.807, 2.05) is 38.1 Å². The summed E-state index contributed by atoms with van der Waals surface area (Å²) in [6, 6.07) is 15.9. The third-order valence-corrected chi connectivity index (χ3v) is 6.00. The average Bonchev–Trinajstić information content (AvgIpc) is 3.36. The van der Waals surface area contributed by atoms with Crippen LogP contribution in [0.4, 0.5) is 17.1 Å². The third-order valence-electron chi connectivity index (χ3n) is 5.83. The Morgan fingerprint density at radius 2 is 1.78 bits per heavy atom. The zero-order valence-electron chi connectivity index (χ0n) is 21.4. The van der Waals surface area contributed by atoms with Crippen LogP contribution in [-0.2, 0) is 24.2 Å². The highest BCUT2D eigenvalue weighted by atomic mass is 31.0. The second kappa shape index (κ2) is 13.0. The van der Waals surface area contributed by atoms with Crippen molar-refractivity contribution in [1.82, 2.24) is 0 Å². The summed E-state index contributed by atoms with van der Waals surface area (Å²) in [7, 11) is 5.36. The number of rotatable bonds is 9. The van der Waals surface area contributed by atoms with Crippen molar-refractivity contribution >= 4 is 32.4 Å². The maximum atomic E-state index is 13.5. The fraction of sp³-hybridized carbons (Fsp3) is 0.296. The van der Waals surface area contributed by atoms with E-state index in [0.29, 0.717) is 40.4 Å². The smallest absolute Gasteiger partial charge is 0.270 e. The van der Waals surface area contributed by atoms with Gasteiger partial charge in [-0.15, -0.1) is 0 Å². The number of methoxy groups -OCH3 is 1. The van der Waals surface area contributed by atoms with Crippen molar-refractivity contribution < 1.29 is 23.7 Å². The second-order valence-electron chi connectivity index (χ2n) is 8.00. The molecule has 10 heteroatoms. The van der Waals surface area contributed by atoms with Gasteiger partial charge in [0.15, 0.2) is 11.5 Å². The largest absolute Gasteiger partial charge is 0.493 e. The lowest BCUT2D eigenvalue weighted by Gasteiger charge is -2.21. The number of ether oxygens (including phenoxy) is 2. The summed E-state index contributed by atoms with van der Waals surface area (Å²) in [4.78, 5) is 26.1. The van der Waals surface area contributed by atoms with Crippen LogP contribution in [0.25, 0.3) is 0 Å². The molecule has 9 nitrogen and oxygen atoms in total. The molecule has 1 amide bonds. The first kappa shape index (κ1) is 27.9. The molecular formula is C27H32N3O6P. The number of hydrogen-bond donors (Lipinski definition) is 1. The first-order valence-electron chi connectivity index (χ1n) is 12.0. The van der Waals surface area contributed by atoms with Gasteiger partial charge in [-0.2, -0.15) is 0 Å². The Labute approximate surface area is 219 Å². The maximum absolute atomic E-state index is 13.5. The Kier molecular flexibility index (Phi) is 9.83. The zero-order chi connectivity index (χ0) is 26.9. The molecule has 3 aromatic carbocycles. The van der Waals surface area contributed by atoms with Crippen molar-refractivity contribution in [2.75, 3.05) is 30.9 Å². The van der Waals surface area contributed by atoms with Crippen LogP contribution in [0.15, 0.2) is 54.6 Å². The summed E-state index contributed by atoms with van der Waals surface area (Å²) in [6.07, 6.45) is 0.808. The predicted octanol–water partition coefficient (Wildman–Crippen LogP) is 5.76. The van der Waals surface area contributed by atoms with Gasteiger partial charge in [-0.05, 0) is 41.3 Å². The monoisotopic (exact) mass is 525 g/mol. The predicted molar refractivity (Wildman–Crippen MR) is 148 cm³/mol. The van der Waals surface area contributed by atoms with Gasteiger partial charge in [-0.3, -0.25) is 14.9 Å². The Balaban J connectivity index is 0.00000186. The quantitative estimate of drug-likeness (QED) is 0.215. The van der Waals surface area contributed by atoms with Crippen LogP contribution in [0.1, 0.15) is 40.9 Å². The van der Waals surface area contributed by atoms with E-state index >= 15 is 0 Å². The fourth-order valence-electron chi connectivity index (χ4n) is 4.18. The van der Waals surface area contributed by atoms with Crippen LogP contribution >= 0.6 is 9.47 Å². The Bertz CT molecular complexity index is 1270. The number of amides is 1. The molecule has 1 N–H and O–H groups in total. The molecule has 0 bridgehead atoms. The molecule has 1 atom stereocenters. The molecule has 0 spiro atoms. The van der Waals surface area contributed by atoms with Gasteiger partial charge >= 0.3 is 0 Å². The molecule has 1 aliphatic heterocycles. The van der Waals surface area contributed by atoms with Crippen molar-refractivity contribution in [3.8, 4) is 11.5 Å². The van der Waals surface area contributed by atoms with Crippen molar-refractivity contribution in [1.29, 1.82) is 0 Å². The van der Waals surface area contributed by atoms with Crippen LogP contribution in [0.5, 0.6) is 11.5 Å². The van der Waals surface area contributed by atoms with E-state index < -0.39 is 4.92 Å². The van der Waals surface area contributed by atoms with E-state index in [1.54, 1.807) is 30.1 Å². The number of fused-ring (bicyclic) bond motifs is 1. The molecule has 0 saturated carbocycles. The van der Waals surface area contributed by atoms with Crippen molar-refractivity contribution in [3.05, 3.63) is 87.0 Å². The average molecular weight is 526 g/mol. The fourth-order valence-corrected chi connectivity index (χ4v) is 4.38. The molecule has 1 heterocycles. The Morgan fingerprint density at radius 1 is 1.08 bits per heavy atom. The summed E-state index contributed by atoms with van der Waals surface area (Å²) >= 11 is 0. The van der Waals surface area contributed by atoms with E-state index in [2.05, 4.69) is 14.8 Å². The molecule has 37 heavy (non-hydrogen) atoms. The lowest BCUT2D eigenvalue weighted by Crippen LogP contribution is -2.29. The summed E-state index contributed by atoms with van der Waals surface area (Å²) in [5.41, 5.74) is 4.32. The van der Waals surface area contributed by atoms with Crippen molar-refractivity contribution in [2.24, 2.45) is 0 Å². The molecule has 4 rings (SSSR count). The first-order valence-corrected chi connectivity index (χ1v) is 12.4. The molecule has 196 valence electrons. The van der Waals surface area contributed by atoms with Gasteiger partial charge < -0.3 is 24.2 Å². The molecule has 1 unspecified atom stereocenters. The Hall–Kier alpha value is -3.68. The molecule has 0 aromatic heterocycles. The van der Waals surface area contributed by atoms with E-state index in [-0.39, 0.29) is 24.8 Å². The van der Waals surface area contributed by atoms with Gasteiger partial charge in [-0.25, -0.2) is 0 Å². The van der Waals surface area contributed by atoms with Crippen molar-refractivity contribution in [3.63, 3.8) is 0 Å². The lowest BCUT2D eigenvalue weighted by molar-refractivity contribution is -0.385. The van der Waals surface area contributed by atoms with E-state index in [0.717, 1.165) is 17.7 Å². The summed E-state index contributed by atoms with van der Waals surface area (Å²) in [5.74, 6) is 0.661. The number of anilines is 2. The molecule has 0 radical (unpaired) electrons. The maximum Gasteiger partial charge on any atom is 0.270 e. The van der Waals surface area contributed by atoms with E-state index in [9.17, 15) is 14.9 Å². The van der Waals surface area contributed by atoms with Gasteiger partial charge in [0, 0.05) is 46.9 Å². The summed E-state index contributed by atoms with van der Waals surface area (Å²) in [6.45, 7) is 4.89. The second-order valence-corrected chi connectivity index (χ2v) is 8.33. The molecule has 0 fully saturated rings. The van der Waals surface area contributed by atoms with Crippen LogP contribution < -0.4 is 19.7 Å². The third kappa shape index (κ3) is 6.37. The standard InChI is InChI=1S/C25H26N3O6P.C2H6/c1-26-21-13-24(33-14-16-9-17(15-34-35)11-19(10-16)28(30)31)23(32-2)12-20(21)25(29)27-8-7-18-5-3-4-6-22(18)27;1-2/h3-6,9-13,26H,7-8,14-15,35H2,1-2H3;1-2H3. The van der Waals surface area contributed by atoms with E-state index in [1.165, 1.54) is 19.2 Å². The number of benzene rings is 3. The molecule has 0 saturated heterocycles. The highest BCUT2D eigenvalue weighted by Crippen LogP contribution is 2.37. The minimum atomic E-state index is -0.452. The molecule has 3 aromatic rings. The zero-order valence-corrected chi connectivity index (χ0v) is 22.6. The summed E-state index contributed by atoms with van der Waals surface area (Å²) < 4.78 is 16.5. The van der Waals surface area contributed by atoms with Gasteiger partial charge in [-0.1, -0.05) is 32.0 Å². The topological polar surface area (TPSA) is 103 Å². The van der Waals surface area contributed by atoms with Crippen LogP contribution in [0.3, 0.4) is 0 Å². The summed E-state index contributed by atoms with van der Waals surface area (Å²) in [5, 5.41) is 14.4. The SMILES string of the molecule is CC.CNc1cc(OCc2cc(COP)cc([N+](=O)[O-])c2)c(OC)cc1C(=O)N1CCc2ccccc21. The number of carbonyl (C=O) groups is 1. The van der Waals surface area contributed by atoms with Gasteiger partial charge in [0.1, 0.15) is 6.61 Å². The number of nitrogens with one attached hydrogen (secondary N) is 1. The lowest BCUT2D eigenvalue weighted by atomic mass is 10.1. The normalized spacial score (nSPS) is 11.8. The number of para-hydroxylation sites is 1. The Morgan fingerprint density at radius 3 is 2.43 bits per heavy atom. The van der Waals surface area contributed by atoms with Crippen LogP contribution in [0, 0.1) is 10.1 Å². The van der Waals surface area contributed by atoms with Crippen LogP contribution in [-0.4, -0.2) is 31.5 Å². The number of hydrogen-bond acceptors (Lipinski definition) is 7. The highest BCUT2D eigenvalue weighted by molar-refractivity contribution is 7.09. The molecular weight excluding hydrogens is 493 g/mol. The van der Waals surface area contributed by atoms with E-state index in [4.69, 9.17) is 14.0 Å². The van der Waals surface area contributed by atoms with Gasteiger partial charge in [0.25, 0.3) is 11.6 Å². The molecule has 0 aliphatic carbocycles. The van der Waals surface area contributed by atoms with Crippen molar-refractivity contribution in [2.45, 2.75) is 33.5 Å². The highest BCUT2D eigenvalue weighted by Gasteiger charge is 2.28. The first-order chi connectivity index (χ1) is 17.9. The van der Waals surface area contributed by atoms with Gasteiger partial charge in [0.2, 0.25) is 0 Å². The number of nitro benzene ring substituents is 1. The minimum Gasteiger partial charge on any atom is -0.493 e. The number of nitro groups is 1. The van der Waals surface area contributed by atoms with Gasteiger partial charge in [0.05, 0.1) is 29.9 Å². The minimum absolute atomic E-state index is 0.0436. The number of carbonyl (C=O) groups excluding carboxylic acids is 1. The number of nitrogens with zero attached hydrogens (tertiary/aromatic N) is 2. The van der Waals surface area contributed by atoms with Crippen LogP contribution in [0.2, 0.25) is 0 Å².